The molecule has 39 heavy (non-hydrogen) atoms. The molecule has 10 nitrogen and oxygen atoms in total. The van der Waals surface area contributed by atoms with Gasteiger partial charge in [0.2, 0.25) is 5.91 Å². The molecular weight excluding hydrogens is 498 g/mol. The van der Waals surface area contributed by atoms with Crippen molar-refractivity contribution in [2.45, 2.75) is 66.3 Å². The molecule has 212 valence electrons. The van der Waals surface area contributed by atoms with Gasteiger partial charge in [0.05, 0.1) is 36.6 Å². The molecule has 1 aliphatic rings. The molecule has 10 heteroatoms. The number of benzene rings is 1. The third-order valence-corrected chi connectivity index (χ3v) is 5.85. The molecule has 2 aromatic rings. The maximum absolute atomic E-state index is 12.8. The molecule has 0 spiro atoms. The summed E-state index contributed by atoms with van der Waals surface area (Å²) in [7, 11) is 1.34. The Morgan fingerprint density at radius 3 is 2.46 bits per heavy atom. The van der Waals surface area contributed by atoms with Crippen LogP contribution in [-0.4, -0.2) is 59.1 Å². The minimum atomic E-state index is -0.404. The second kappa shape index (κ2) is 16.1. The van der Waals surface area contributed by atoms with Gasteiger partial charge in [-0.3, -0.25) is 9.59 Å². The Morgan fingerprint density at radius 1 is 1.18 bits per heavy atom. The first kappa shape index (κ1) is 31.3. The van der Waals surface area contributed by atoms with E-state index in [9.17, 15) is 14.4 Å². The van der Waals surface area contributed by atoms with Gasteiger partial charge in [0.15, 0.2) is 5.69 Å². The molecule has 3 rings (SSSR count). The molecule has 0 aliphatic heterocycles. The fraction of sp³-hybridized carbons (Fsp3) is 0.483. The van der Waals surface area contributed by atoms with Crippen LogP contribution in [0.5, 0.6) is 5.75 Å². The lowest BCUT2D eigenvalue weighted by Crippen LogP contribution is -2.27. The number of hydrogen-bond donors (Lipinski definition) is 2. The summed E-state index contributed by atoms with van der Waals surface area (Å²) in [4.78, 5) is 36.5. The van der Waals surface area contributed by atoms with Crippen LogP contribution in [0, 0.1) is 5.92 Å². The summed E-state index contributed by atoms with van der Waals surface area (Å²) in [5, 5.41) is 14.2. The summed E-state index contributed by atoms with van der Waals surface area (Å²) in [6, 6.07) is 6.91. The Bertz CT molecular complexity index is 1150. The number of rotatable bonds is 13. The summed E-state index contributed by atoms with van der Waals surface area (Å²) in [6.45, 7) is 10.5. The molecule has 1 aromatic carbocycles. The number of nitrogens with zero attached hydrogens (tertiary/aromatic N) is 3. The van der Waals surface area contributed by atoms with Crippen LogP contribution in [-0.2, 0) is 16.0 Å². The molecule has 1 heterocycles. The van der Waals surface area contributed by atoms with Gasteiger partial charge in [0.25, 0.3) is 5.91 Å². The monoisotopic (exact) mass is 539 g/mol. The number of amides is 2. The molecule has 1 unspecified atom stereocenters. The summed E-state index contributed by atoms with van der Waals surface area (Å²) >= 11 is 0. The Morgan fingerprint density at radius 2 is 1.87 bits per heavy atom. The Balaban J connectivity index is 0.00000260. The van der Waals surface area contributed by atoms with Gasteiger partial charge in [0, 0.05) is 12.6 Å². The van der Waals surface area contributed by atoms with Gasteiger partial charge in [-0.1, -0.05) is 38.1 Å². The molecule has 0 saturated heterocycles. The highest BCUT2D eigenvalue weighted by atomic mass is 16.5. The van der Waals surface area contributed by atoms with Crippen LogP contribution in [0.3, 0.4) is 0 Å². The van der Waals surface area contributed by atoms with Crippen LogP contribution in [0.15, 0.2) is 42.5 Å². The number of carbonyl (C=O) groups is 3. The van der Waals surface area contributed by atoms with Crippen molar-refractivity contribution in [3.8, 4) is 5.75 Å². The second-order valence-electron chi connectivity index (χ2n) is 8.77. The van der Waals surface area contributed by atoms with E-state index in [1.54, 1.807) is 35.0 Å². The van der Waals surface area contributed by atoms with E-state index in [0.717, 1.165) is 12.8 Å². The SMILES string of the molecule is C/C=C(\C=C/C(C)C(=O)NCC)n1nnc(C(=O)NC2CC2)c1CCCOc1ccc(C(=O)OC)cc1.CC. The molecule has 1 aliphatic carbocycles. The minimum Gasteiger partial charge on any atom is -0.494 e. The van der Waals surface area contributed by atoms with Gasteiger partial charge >= 0.3 is 5.97 Å². The normalized spacial score (nSPS) is 13.7. The van der Waals surface area contributed by atoms with Crippen LogP contribution >= 0.6 is 0 Å². The molecule has 1 saturated carbocycles. The van der Waals surface area contributed by atoms with Gasteiger partial charge < -0.3 is 20.1 Å². The maximum atomic E-state index is 12.8. The smallest absolute Gasteiger partial charge is 0.337 e. The van der Waals surface area contributed by atoms with Crippen LogP contribution in [0.2, 0.25) is 0 Å². The van der Waals surface area contributed by atoms with E-state index >= 15 is 0 Å². The zero-order valence-corrected chi connectivity index (χ0v) is 23.8. The average Bonchev–Trinajstić information content (AvgIpc) is 3.68. The minimum absolute atomic E-state index is 0.0608. The van der Waals surface area contributed by atoms with Gasteiger partial charge in [0.1, 0.15) is 5.75 Å². The van der Waals surface area contributed by atoms with E-state index < -0.39 is 5.97 Å². The van der Waals surface area contributed by atoms with Gasteiger partial charge in [-0.25, -0.2) is 9.48 Å². The highest BCUT2D eigenvalue weighted by Crippen LogP contribution is 2.21. The van der Waals surface area contributed by atoms with E-state index in [2.05, 4.69) is 20.9 Å². The molecule has 1 atom stereocenters. The number of aromatic nitrogens is 3. The molecular formula is C29H41N5O5. The second-order valence-corrected chi connectivity index (χ2v) is 8.77. The Labute approximate surface area is 230 Å². The highest BCUT2D eigenvalue weighted by molar-refractivity contribution is 5.94. The van der Waals surface area contributed by atoms with Gasteiger partial charge in [-0.15, -0.1) is 5.10 Å². The molecule has 0 radical (unpaired) electrons. The van der Waals surface area contributed by atoms with E-state index in [1.165, 1.54) is 7.11 Å². The predicted molar refractivity (Wildman–Crippen MR) is 150 cm³/mol. The van der Waals surface area contributed by atoms with Crippen LogP contribution in [0.25, 0.3) is 5.70 Å². The van der Waals surface area contributed by atoms with E-state index in [4.69, 9.17) is 9.47 Å². The third-order valence-electron chi connectivity index (χ3n) is 5.85. The number of methoxy groups -OCH3 is 1. The average molecular weight is 540 g/mol. The quantitative estimate of drug-likeness (QED) is 0.222. The molecule has 1 fully saturated rings. The Hall–Kier alpha value is -3.95. The molecule has 1 aromatic heterocycles. The number of allylic oxidation sites excluding steroid dienone is 3. The first-order chi connectivity index (χ1) is 18.9. The number of esters is 1. The van der Waals surface area contributed by atoms with Crippen molar-refractivity contribution in [2.75, 3.05) is 20.3 Å². The lowest BCUT2D eigenvalue weighted by molar-refractivity contribution is -0.123. The van der Waals surface area contributed by atoms with Crippen molar-refractivity contribution in [2.24, 2.45) is 5.92 Å². The van der Waals surface area contributed by atoms with Crippen LogP contribution in [0.1, 0.15) is 80.4 Å². The zero-order valence-electron chi connectivity index (χ0n) is 23.8. The third kappa shape index (κ3) is 9.38. The van der Waals surface area contributed by atoms with E-state index in [1.807, 2.05) is 46.8 Å². The number of hydrogen-bond acceptors (Lipinski definition) is 7. The first-order valence-corrected chi connectivity index (χ1v) is 13.6. The van der Waals surface area contributed by atoms with Crippen molar-refractivity contribution in [1.29, 1.82) is 0 Å². The summed E-state index contributed by atoms with van der Waals surface area (Å²) in [6.07, 6.45) is 8.53. The van der Waals surface area contributed by atoms with Gasteiger partial charge in [-0.2, -0.15) is 0 Å². The van der Waals surface area contributed by atoms with Crippen molar-refractivity contribution in [1.82, 2.24) is 25.6 Å². The number of carbonyl (C=O) groups excluding carboxylic acids is 3. The fourth-order valence-corrected chi connectivity index (χ4v) is 3.58. The zero-order chi connectivity index (χ0) is 28.8. The largest absolute Gasteiger partial charge is 0.494 e. The van der Waals surface area contributed by atoms with Gasteiger partial charge in [-0.05, 0) is 69.9 Å². The number of ether oxygens (including phenoxy) is 2. The number of nitrogens with one attached hydrogen (secondary N) is 2. The fourth-order valence-electron chi connectivity index (χ4n) is 3.58. The van der Waals surface area contributed by atoms with Crippen molar-refractivity contribution < 1.29 is 23.9 Å². The molecule has 2 N–H and O–H groups in total. The highest BCUT2D eigenvalue weighted by Gasteiger charge is 2.27. The van der Waals surface area contributed by atoms with E-state index in [0.29, 0.717) is 54.4 Å². The summed E-state index contributed by atoms with van der Waals surface area (Å²) < 4.78 is 12.2. The van der Waals surface area contributed by atoms with Crippen LogP contribution < -0.4 is 15.4 Å². The predicted octanol–water partition coefficient (Wildman–Crippen LogP) is 4.18. The van der Waals surface area contributed by atoms with Crippen molar-refractivity contribution >= 4 is 23.5 Å². The summed E-state index contributed by atoms with van der Waals surface area (Å²) in [5.74, 6) is -0.396. The van der Waals surface area contributed by atoms with Crippen LogP contribution in [0.4, 0.5) is 0 Å². The summed E-state index contributed by atoms with van der Waals surface area (Å²) in [5.41, 5.74) is 2.12. The first-order valence-electron chi connectivity index (χ1n) is 13.6. The Kier molecular flexibility index (Phi) is 12.9. The lowest BCUT2D eigenvalue weighted by atomic mass is 10.1. The standard InChI is InChI=1S/C27H35N5O5.C2H6/c1-5-21(14-9-18(3)25(33)28-6-2)32-23(24(30-31-32)26(34)29-20-12-13-20)8-7-17-37-22-15-10-19(11-16-22)27(35)36-4;1-2/h5,9-11,14-16,18,20H,6-8,12-13,17H2,1-4H3,(H,28,33)(H,29,34);1-2H3/b14-9-,21-5+;. The topological polar surface area (TPSA) is 124 Å². The molecule has 2 amide bonds. The molecule has 0 bridgehead atoms. The lowest BCUT2D eigenvalue weighted by Gasteiger charge is -2.11. The maximum Gasteiger partial charge on any atom is 0.337 e. The van der Waals surface area contributed by atoms with E-state index in [-0.39, 0.29) is 23.8 Å². The van der Waals surface area contributed by atoms with Crippen molar-refractivity contribution in [3.63, 3.8) is 0 Å². The van der Waals surface area contributed by atoms with Crippen molar-refractivity contribution in [3.05, 3.63) is 59.4 Å².